The lowest BCUT2D eigenvalue weighted by Crippen LogP contribution is -2.28. The van der Waals surface area contributed by atoms with E-state index in [-0.39, 0.29) is 0 Å². The fraction of sp³-hybridized carbons (Fsp3) is 0.385. The summed E-state index contributed by atoms with van der Waals surface area (Å²) in [6.45, 7) is 8.40. The molecule has 0 aliphatic rings. The molecule has 0 aliphatic heterocycles. The van der Waals surface area contributed by atoms with E-state index in [4.69, 9.17) is 0 Å². The Hall–Kier alpha value is -1.64. The molecular weight excluding hydrogens is 198 g/mol. The average Bonchev–Trinajstić information content (AvgIpc) is 2.44. The van der Waals surface area contributed by atoms with Gasteiger partial charge in [-0.1, -0.05) is 22.4 Å². The lowest BCUT2D eigenvalue weighted by atomic mass is 10.1. The molecule has 84 valence electrons. The molecule has 0 bridgehead atoms. The number of nitrogens with zero attached hydrogens (tertiary/aromatic N) is 3. The van der Waals surface area contributed by atoms with Gasteiger partial charge in [-0.3, -0.25) is 0 Å². The number of rotatable bonds is 1. The second-order valence-electron chi connectivity index (χ2n) is 4.47. The molecule has 0 radical (unpaired) electrons. The summed E-state index contributed by atoms with van der Waals surface area (Å²) in [5, 5.41) is 4.51. The van der Waals surface area contributed by atoms with E-state index >= 15 is 0 Å². The minimum Gasteiger partial charge on any atom is -0.237 e. The van der Waals surface area contributed by atoms with Crippen molar-refractivity contribution in [3.05, 3.63) is 41.0 Å². The smallest absolute Gasteiger partial charge is 0.237 e. The molecule has 3 heteroatoms. The molecule has 1 aromatic carbocycles. The van der Waals surface area contributed by atoms with E-state index in [1.165, 1.54) is 22.4 Å². The van der Waals surface area contributed by atoms with Gasteiger partial charge in [-0.25, -0.2) is 4.57 Å². The Labute approximate surface area is 96.4 Å². The average molecular weight is 216 g/mol. The zero-order valence-electron chi connectivity index (χ0n) is 10.6. The second-order valence-corrected chi connectivity index (χ2v) is 4.47. The van der Waals surface area contributed by atoms with E-state index in [1.54, 1.807) is 0 Å². The second kappa shape index (κ2) is 3.74. The van der Waals surface area contributed by atoms with Crippen LogP contribution in [0.5, 0.6) is 0 Å². The van der Waals surface area contributed by atoms with E-state index in [9.17, 15) is 0 Å². The molecule has 0 atom stereocenters. The number of aromatic nitrogens is 3. The first-order valence-electron chi connectivity index (χ1n) is 5.49. The molecule has 1 heterocycles. The summed E-state index contributed by atoms with van der Waals surface area (Å²) in [5.74, 6) is 1.01. The Bertz CT molecular complexity index is 496. The Morgan fingerprint density at radius 3 is 2.06 bits per heavy atom. The van der Waals surface area contributed by atoms with Gasteiger partial charge >= 0.3 is 0 Å². The first-order chi connectivity index (χ1) is 7.49. The Morgan fingerprint density at radius 2 is 1.62 bits per heavy atom. The molecule has 0 amide bonds. The van der Waals surface area contributed by atoms with E-state index in [2.05, 4.69) is 38.0 Å². The highest BCUT2D eigenvalue weighted by Crippen LogP contribution is 2.19. The Morgan fingerprint density at radius 1 is 1.06 bits per heavy atom. The third-order valence-electron chi connectivity index (χ3n) is 2.91. The van der Waals surface area contributed by atoms with Gasteiger partial charge in [0.1, 0.15) is 5.69 Å². The van der Waals surface area contributed by atoms with Crippen LogP contribution in [0.25, 0.3) is 5.69 Å². The van der Waals surface area contributed by atoms with Crippen molar-refractivity contribution in [1.82, 2.24) is 9.78 Å². The van der Waals surface area contributed by atoms with Gasteiger partial charge in [0.25, 0.3) is 5.82 Å². The van der Waals surface area contributed by atoms with E-state index in [1.807, 2.05) is 29.5 Å². The molecule has 0 saturated carbocycles. The summed E-state index contributed by atoms with van der Waals surface area (Å²) in [6, 6.07) is 4.39. The maximum Gasteiger partial charge on any atom is 0.274 e. The summed E-state index contributed by atoms with van der Waals surface area (Å²) < 4.78 is 3.98. The van der Waals surface area contributed by atoms with Crippen molar-refractivity contribution in [2.45, 2.75) is 27.7 Å². The molecule has 0 fully saturated rings. The number of hydrogen-bond acceptors (Lipinski definition) is 1. The molecule has 0 unspecified atom stereocenters. The highest BCUT2D eigenvalue weighted by atomic mass is 15.4. The van der Waals surface area contributed by atoms with Crippen molar-refractivity contribution >= 4 is 0 Å². The third-order valence-corrected chi connectivity index (χ3v) is 2.91. The summed E-state index contributed by atoms with van der Waals surface area (Å²) >= 11 is 0. The molecule has 2 rings (SSSR count). The number of hydrogen-bond donors (Lipinski definition) is 0. The summed E-state index contributed by atoms with van der Waals surface area (Å²) in [6.07, 6.45) is 2.01. The minimum absolute atomic E-state index is 1.01. The van der Waals surface area contributed by atoms with Crippen molar-refractivity contribution < 1.29 is 4.57 Å². The lowest BCUT2D eigenvalue weighted by Gasteiger charge is -2.05. The van der Waals surface area contributed by atoms with E-state index in [0.717, 1.165) is 5.82 Å². The number of benzene rings is 1. The normalized spacial score (nSPS) is 10.8. The molecule has 2 aromatic rings. The quantitative estimate of drug-likeness (QED) is 0.668. The molecule has 1 aromatic heterocycles. The van der Waals surface area contributed by atoms with Crippen molar-refractivity contribution in [3.63, 3.8) is 0 Å². The molecule has 16 heavy (non-hydrogen) atoms. The fourth-order valence-electron chi connectivity index (χ4n) is 2.14. The largest absolute Gasteiger partial charge is 0.274 e. The predicted molar refractivity (Wildman–Crippen MR) is 63.7 cm³/mol. The highest BCUT2D eigenvalue weighted by Gasteiger charge is 2.15. The van der Waals surface area contributed by atoms with Crippen LogP contribution in [0, 0.1) is 27.7 Å². The maximum absolute atomic E-state index is 4.51. The van der Waals surface area contributed by atoms with E-state index in [0.29, 0.717) is 0 Å². The molecule has 3 nitrogen and oxygen atoms in total. The van der Waals surface area contributed by atoms with Gasteiger partial charge in [0.2, 0.25) is 6.33 Å². The van der Waals surface area contributed by atoms with Crippen LogP contribution in [-0.4, -0.2) is 9.78 Å². The van der Waals surface area contributed by atoms with Crippen LogP contribution < -0.4 is 4.57 Å². The van der Waals surface area contributed by atoms with Gasteiger partial charge in [0.05, 0.1) is 7.05 Å². The zero-order valence-corrected chi connectivity index (χ0v) is 10.6. The van der Waals surface area contributed by atoms with Crippen LogP contribution in [0.3, 0.4) is 0 Å². The predicted octanol–water partition coefficient (Wildman–Crippen LogP) is 1.93. The molecular formula is C13H18N3+. The van der Waals surface area contributed by atoms with Gasteiger partial charge < -0.3 is 0 Å². The highest BCUT2D eigenvalue weighted by molar-refractivity contribution is 5.48. The van der Waals surface area contributed by atoms with Gasteiger partial charge in [-0.2, -0.15) is 0 Å². The van der Waals surface area contributed by atoms with Crippen LogP contribution in [0.15, 0.2) is 18.5 Å². The van der Waals surface area contributed by atoms with E-state index < -0.39 is 0 Å². The number of aryl methyl sites for hydroxylation is 5. The van der Waals surface area contributed by atoms with Crippen LogP contribution in [0.2, 0.25) is 0 Å². The first kappa shape index (κ1) is 10.9. The monoisotopic (exact) mass is 216 g/mol. The van der Waals surface area contributed by atoms with Crippen LogP contribution in [-0.2, 0) is 7.05 Å². The van der Waals surface area contributed by atoms with Gasteiger partial charge in [-0.15, -0.1) is 0 Å². The van der Waals surface area contributed by atoms with Gasteiger partial charge in [-0.05, 0) is 31.9 Å². The first-order valence-corrected chi connectivity index (χ1v) is 5.49. The molecule has 0 aliphatic carbocycles. The topological polar surface area (TPSA) is 21.7 Å². The zero-order chi connectivity index (χ0) is 11.9. The summed E-state index contributed by atoms with van der Waals surface area (Å²) in [4.78, 5) is 0. The molecule has 0 N–H and O–H groups in total. The molecule has 0 saturated heterocycles. The lowest BCUT2D eigenvalue weighted by molar-refractivity contribution is -0.678. The van der Waals surface area contributed by atoms with Crippen molar-refractivity contribution in [1.29, 1.82) is 0 Å². The Balaban J connectivity index is 2.64. The van der Waals surface area contributed by atoms with Gasteiger partial charge in [0.15, 0.2) is 0 Å². The van der Waals surface area contributed by atoms with Crippen LogP contribution in [0.1, 0.15) is 22.5 Å². The minimum atomic E-state index is 1.01. The Kier molecular flexibility index (Phi) is 2.54. The van der Waals surface area contributed by atoms with Crippen LogP contribution in [0.4, 0.5) is 0 Å². The third kappa shape index (κ3) is 1.73. The SMILES string of the molecule is Cc1cc(C)c(-n2c[n+](C)c(C)n2)c(C)c1. The summed E-state index contributed by atoms with van der Waals surface area (Å²) in [7, 11) is 2.01. The standard InChI is InChI=1S/C13H18N3/c1-9-6-10(2)13(11(3)7-9)16-8-15(5)12(4)14-16/h6-8H,1-5H3/q+1. The van der Waals surface area contributed by atoms with Crippen molar-refractivity contribution in [2.75, 3.05) is 0 Å². The summed E-state index contributed by atoms with van der Waals surface area (Å²) in [5.41, 5.74) is 5.02. The van der Waals surface area contributed by atoms with Crippen LogP contribution >= 0.6 is 0 Å². The van der Waals surface area contributed by atoms with Crippen molar-refractivity contribution in [2.24, 2.45) is 7.05 Å². The maximum atomic E-state index is 4.51. The van der Waals surface area contributed by atoms with Crippen molar-refractivity contribution in [3.8, 4) is 5.69 Å². The van der Waals surface area contributed by atoms with Gasteiger partial charge in [0, 0.05) is 12.0 Å². The molecule has 0 spiro atoms. The fourth-order valence-corrected chi connectivity index (χ4v) is 2.14.